The van der Waals surface area contributed by atoms with Gasteiger partial charge in [-0.2, -0.15) is 0 Å². The predicted octanol–water partition coefficient (Wildman–Crippen LogP) is 1.05. The zero-order chi connectivity index (χ0) is 32.9. The number of sulfone groups is 1. The van der Waals surface area contributed by atoms with E-state index < -0.39 is 44.2 Å². The first-order valence-corrected chi connectivity index (χ1v) is 18.5. The Kier molecular flexibility index (Phi) is 9.40. The Morgan fingerprint density at radius 1 is 0.978 bits per heavy atom. The van der Waals surface area contributed by atoms with Crippen molar-refractivity contribution in [2.24, 2.45) is 22.7 Å². The van der Waals surface area contributed by atoms with Gasteiger partial charge in [-0.15, -0.1) is 0 Å². The van der Waals surface area contributed by atoms with Gasteiger partial charge in [0.25, 0.3) is 0 Å². The van der Waals surface area contributed by atoms with E-state index in [0.29, 0.717) is 38.5 Å². The third kappa shape index (κ3) is 7.20. The van der Waals surface area contributed by atoms with E-state index in [1.807, 2.05) is 32.7 Å². The number of hydrogen-bond donors (Lipinski definition) is 4. The van der Waals surface area contributed by atoms with Crippen LogP contribution in [0.25, 0.3) is 0 Å². The number of nitrogens with one attached hydrogen (secondary N) is 4. The van der Waals surface area contributed by atoms with Crippen molar-refractivity contribution in [2.45, 2.75) is 108 Å². The van der Waals surface area contributed by atoms with Crippen LogP contribution in [0.4, 0.5) is 4.79 Å². The molecular weight excluding hydrogens is 596 g/mol. The first kappa shape index (κ1) is 34.1. The minimum atomic E-state index is -3.42. The molecule has 45 heavy (non-hydrogen) atoms. The summed E-state index contributed by atoms with van der Waals surface area (Å²) in [5.74, 6) is -0.613. The molecule has 5 atom stereocenters. The Balaban J connectivity index is 1.30. The van der Waals surface area contributed by atoms with E-state index in [9.17, 15) is 27.6 Å². The van der Waals surface area contributed by atoms with E-state index in [2.05, 4.69) is 35.1 Å². The number of carbonyl (C=O) groups is 4. The van der Waals surface area contributed by atoms with Crippen molar-refractivity contribution in [3.8, 4) is 0 Å². The third-order valence-corrected chi connectivity index (χ3v) is 13.4. The molecule has 4 amide bonds. The number of Topliss-reactive ketones (excluding diaryl/α,β-unsaturated/α-hetero) is 1. The van der Waals surface area contributed by atoms with Crippen molar-refractivity contribution < 1.29 is 27.6 Å². The molecular formula is C32H54N6O6S. The normalized spacial score (nSPS) is 30.9. The molecule has 5 rings (SSSR count). The average molecular weight is 651 g/mol. The van der Waals surface area contributed by atoms with Crippen LogP contribution in [0.3, 0.4) is 0 Å². The third-order valence-electron chi connectivity index (χ3n) is 11.2. The predicted molar refractivity (Wildman–Crippen MR) is 171 cm³/mol. The van der Waals surface area contributed by atoms with Gasteiger partial charge in [-0.05, 0) is 55.4 Å². The van der Waals surface area contributed by atoms with Gasteiger partial charge in [0.15, 0.2) is 15.6 Å². The molecule has 0 radical (unpaired) electrons. The molecule has 13 heteroatoms. The first-order valence-electron chi connectivity index (χ1n) is 16.8. The highest BCUT2D eigenvalue weighted by molar-refractivity contribution is 7.92. The van der Waals surface area contributed by atoms with Gasteiger partial charge >= 0.3 is 6.03 Å². The second-order valence-corrected chi connectivity index (χ2v) is 18.3. The van der Waals surface area contributed by atoms with E-state index >= 15 is 0 Å². The second-order valence-electron chi connectivity index (χ2n) is 16.0. The number of ketones is 1. The molecule has 12 nitrogen and oxygen atoms in total. The summed E-state index contributed by atoms with van der Waals surface area (Å²) in [6, 6.07) is -1.86. The van der Waals surface area contributed by atoms with Gasteiger partial charge < -0.3 is 31.1 Å². The van der Waals surface area contributed by atoms with Crippen LogP contribution in [0.5, 0.6) is 0 Å². The maximum absolute atomic E-state index is 14.3. The molecule has 5 fully saturated rings. The lowest BCUT2D eigenvalue weighted by atomic mass is 9.78. The second kappa shape index (κ2) is 12.4. The maximum atomic E-state index is 14.3. The quantitative estimate of drug-likeness (QED) is 0.273. The summed E-state index contributed by atoms with van der Waals surface area (Å²) in [5, 5.41) is 11.3. The van der Waals surface area contributed by atoms with Gasteiger partial charge in [0, 0.05) is 25.7 Å². The monoisotopic (exact) mass is 650 g/mol. The molecule has 3 aliphatic carbocycles. The summed E-state index contributed by atoms with van der Waals surface area (Å²) in [6.45, 7) is 11.1. The minimum Gasteiger partial charge on any atom is -0.347 e. The van der Waals surface area contributed by atoms with Gasteiger partial charge in [0.1, 0.15) is 12.1 Å². The Morgan fingerprint density at radius 3 is 2.27 bits per heavy atom. The summed E-state index contributed by atoms with van der Waals surface area (Å²) in [7, 11) is -1.52. The molecule has 2 saturated heterocycles. The number of fused-ring (bicyclic) bond motifs is 1. The highest BCUT2D eigenvalue weighted by Crippen LogP contribution is 2.65. The minimum absolute atomic E-state index is 0.0328. The molecule has 0 aromatic rings. The molecule has 0 spiro atoms. The van der Waals surface area contributed by atoms with Crippen molar-refractivity contribution in [2.75, 3.05) is 45.5 Å². The van der Waals surface area contributed by atoms with E-state index in [4.69, 9.17) is 0 Å². The lowest BCUT2D eigenvalue weighted by molar-refractivity contribution is -0.143. The van der Waals surface area contributed by atoms with Crippen LogP contribution in [-0.2, 0) is 24.2 Å². The fourth-order valence-electron chi connectivity index (χ4n) is 8.06. The van der Waals surface area contributed by atoms with Crippen molar-refractivity contribution in [1.29, 1.82) is 0 Å². The molecule has 5 aliphatic rings. The van der Waals surface area contributed by atoms with Crippen LogP contribution in [-0.4, -0.2) is 116 Å². The van der Waals surface area contributed by atoms with Crippen molar-refractivity contribution in [3.05, 3.63) is 0 Å². The smallest absolute Gasteiger partial charge is 0.315 e. The molecule has 254 valence electrons. The van der Waals surface area contributed by atoms with E-state index in [1.54, 1.807) is 4.90 Å². The average Bonchev–Trinajstić information content (AvgIpc) is 3.82. The Labute approximate surface area is 268 Å². The summed E-state index contributed by atoms with van der Waals surface area (Å²) in [5.41, 5.74) is -1.71. The SMILES string of the molecule is CN1CCS(=O)(=O)[C@@H](C2(NC(=O)N[C@H](C(=O)N3C[C@H]4[C@@H]([C@H]3C(=O)NCC(=O)CNC3CC3)C4(C)C)C(C)(C)C)CCCCC2)C1. The van der Waals surface area contributed by atoms with Crippen molar-refractivity contribution >= 4 is 33.5 Å². The van der Waals surface area contributed by atoms with Crippen LogP contribution in [0.2, 0.25) is 0 Å². The van der Waals surface area contributed by atoms with Crippen LogP contribution < -0.4 is 21.3 Å². The number of urea groups is 1. The zero-order valence-corrected chi connectivity index (χ0v) is 28.7. The van der Waals surface area contributed by atoms with E-state index in [-0.39, 0.29) is 53.7 Å². The molecule has 0 unspecified atom stereocenters. The zero-order valence-electron chi connectivity index (χ0n) is 27.9. The molecule has 0 aromatic heterocycles. The molecule has 2 heterocycles. The highest BCUT2D eigenvalue weighted by atomic mass is 32.2. The molecule has 3 saturated carbocycles. The van der Waals surface area contributed by atoms with Crippen LogP contribution in [0, 0.1) is 22.7 Å². The fraction of sp³-hybridized carbons (Fsp3) is 0.875. The molecule has 0 aromatic carbocycles. The van der Waals surface area contributed by atoms with Gasteiger partial charge in [0.2, 0.25) is 11.8 Å². The lowest BCUT2D eigenvalue weighted by Crippen LogP contribution is -2.68. The summed E-state index contributed by atoms with van der Waals surface area (Å²) in [6.07, 6.45) is 5.88. The van der Waals surface area contributed by atoms with Gasteiger partial charge in [-0.3, -0.25) is 14.4 Å². The van der Waals surface area contributed by atoms with Gasteiger partial charge in [-0.1, -0.05) is 53.9 Å². The van der Waals surface area contributed by atoms with Crippen LogP contribution >= 0.6 is 0 Å². The van der Waals surface area contributed by atoms with Crippen molar-refractivity contribution in [3.63, 3.8) is 0 Å². The van der Waals surface area contributed by atoms with Crippen LogP contribution in [0.15, 0.2) is 0 Å². The number of piperidine rings is 1. The van der Waals surface area contributed by atoms with Gasteiger partial charge in [0.05, 0.1) is 29.6 Å². The number of hydrogen-bond acceptors (Lipinski definition) is 8. The standard InChI is InChI=1S/C32H54N6O6S/c1-30(2,3)26(35-29(42)36-32(12-8-7-9-13-32)23-19-37(6)14-15-45(23,43)44)28(41)38-18-22-24(31(22,4)5)25(38)27(40)34-17-21(39)16-33-20-10-11-20/h20,22-26,33H,7-19H2,1-6H3,(H,34,40)(H2,35,36,42)/t22-,23+,24-,25-,26+/m0/s1. The maximum Gasteiger partial charge on any atom is 0.315 e. The number of amides is 4. The topological polar surface area (TPSA) is 157 Å². The van der Waals surface area contributed by atoms with E-state index in [1.165, 1.54) is 0 Å². The fourth-order valence-corrected chi connectivity index (χ4v) is 10.4. The number of nitrogens with zero attached hydrogens (tertiary/aromatic N) is 2. The molecule has 2 aliphatic heterocycles. The largest absolute Gasteiger partial charge is 0.347 e. The molecule has 4 N–H and O–H groups in total. The highest BCUT2D eigenvalue weighted by Gasteiger charge is 2.69. The molecule has 0 bridgehead atoms. The lowest BCUT2D eigenvalue weighted by Gasteiger charge is -2.47. The summed E-state index contributed by atoms with van der Waals surface area (Å²) >= 11 is 0. The Morgan fingerprint density at radius 2 is 1.64 bits per heavy atom. The first-order chi connectivity index (χ1) is 21.0. The Bertz CT molecular complexity index is 1290. The number of likely N-dealkylation sites (tertiary alicyclic amines) is 1. The summed E-state index contributed by atoms with van der Waals surface area (Å²) < 4.78 is 26.6. The van der Waals surface area contributed by atoms with Crippen LogP contribution in [0.1, 0.15) is 79.6 Å². The van der Waals surface area contributed by atoms with Crippen molar-refractivity contribution in [1.82, 2.24) is 31.1 Å². The van der Waals surface area contributed by atoms with E-state index in [0.717, 1.165) is 32.1 Å². The van der Waals surface area contributed by atoms with Gasteiger partial charge in [-0.25, -0.2) is 13.2 Å². The number of carbonyl (C=O) groups excluding carboxylic acids is 4. The Hall–Kier alpha value is -2.25. The summed E-state index contributed by atoms with van der Waals surface area (Å²) in [4.78, 5) is 57.6. The number of rotatable bonds is 10.